The molecule has 1 saturated heterocycles. The first-order valence-corrected chi connectivity index (χ1v) is 11.7. The number of anilines is 1. The third-order valence-corrected chi connectivity index (χ3v) is 5.65. The molecule has 2 aromatic carbocycles. The number of nitrogens with two attached hydrogens (primary N) is 2. The number of ether oxygens (including phenoxy) is 2. The molecule has 4 N–H and O–H groups in total. The number of carbonyl (C=O) groups excluding carboxylic acids is 1. The van der Waals surface area contributed by atoms with Gasteiger partial charge in [0.15, 0.2) is 0 Å². The van der Waals surface area contributed by atoms with Gasteiger partial charge in [-0.25, -0.2) is 9.48 Å². The Hall–Kier alpha value is -4.12. The largest absolute Gasteiger partial charge is 0.457 e. The van der Waals surface area contributed by atoms with E-state index in [0.29, 0.717) is 35.9 Å². The molecular formula is C27H31N5O3. The van der Waals surface area contributed by atoms with Gasteiger partial charge in [-0.05, 0) is 75.9 Å². The Labute approximate surface area is 205 Å². The van der Waals surface area contributed by atoms with Crippen LogP contribution in [0.5, 0.6) is 11.5 Å². The second kappa shape index (κ2) is 10.0. The van der Waals surface area contributed by atoms with Crippen LogP contribution in [0.3, 0.4) is 0 Å². The van der Waals surface area contributed by atoms with Crippen molar-refractivity contribution in [3.63, 3.8) is 0 Å². The molecule has 1 aliphatic rings. The lowest BCUT2D eigenvalue weighted by molar-refractivity contribution is 0.0168. The van der Waals surface area contributed by atoms with Gasteiger partial charge in [0.1, 0.15) is 28.6 Å². The van der Waals surface area contributed by atoms with Gasteiger partial charge in [0.05, 0.1) is 11.6 Å². The molecule has 8 heteroatoms. The zero-order valence-electron chi connectivity index (χ0n) is 20.3. The second-order valence-corrected chi connectivity index (χ2v) is 9.48. The Bertz CT molecular complexity index is 1230. The predicted molar refractivity (Wildman–Crippen MR) is 136 cm³/mol. The number of piperidine rings is 1. The number of para-hydroxylation sites is 1. The summed E-state index contributed by atoms with van der Waals surface area (Å²) < 4.78 is 13.2. The lowest BCUT2D eigenvalue weighted by Gasteiger charge is -2.34. The highest BCUT2D eigenvalue weighted by Crippen LogP contribution is 2.33. The molecule has 2 heterocycles. The monoisotopic (exact) mass is 473 g/mol. The Kier molecular flexibility index (Phi) is 6.87. The van der Waals surface area contributed by atoms with Crippen molar-refractivity contribution in [2.75, 3.05) is 18.8 Å². The lowest BCUT2D eigenvalue weighted by atomic mass is 10.1. The van der Waals surface area contributed by atoms with Gasteiger partial charge in [-0.2, -0.15) is 5.10 Å². The Morgan fingerprint density at radius 2 is 1.77 bits per heavy atom. The van der Waals surface area contributed by atoms with Crippen LogP contribution in [0.2, 0.25) is 0 Å². The summed E-state index contributed by atoms with van der Waals surface area (Å²) in [6, 6.07) is 19.5. The van der Waals surface area contributed by atoms with E-state index in [1.54, 1.807) is 9.58 Å². The van der Waals surface area contributed by atoms with Gasteiger partial charge in [-0.1, -0.05) is 18.2 Å². The van der Waals surface area contributed by atoms with Gasteiger partial charge in [-0.15, -0.1) is 0 Å². The van der Waals surface area contributed by atoms with E-state index < -0.39 is 5.60 Å². The summed E-state index contributed by atoms with van der Waals surface area (Å²) in [6.07, 6.45) is 1.33. The normalized spacial score (nSPS) is 15.7. The number of nitrogen functional groups attached to an aromatic ring is 1. The molecule has 0 radical (unpaired) electrons. The number of hydrogen-bond donors (Lipinski definition) is 2. The molecule has 1 fully saturated rings. The van der Waals surface area contributed by atoms with Crippen LogP contribution in [0.4, 0.5) is 10.6 Å². The molecular weight excluding hydrogens is 442 g/mol. The molecule has 1 unspecified atom stereocenters. The first-order chi connectivity index (χ1) is 16.7. The number of hydrogen-bond acceptors (Lipinski definition) is 6. The van der Waals surface area contributed by atoms with Crippen LogP contribution >= 0.6 is 0 Å². The average molecular weight is 474 g/mol. The van der Waals surface area contributed by atoms with Gasteiger partial charge in [0, 0.05) is 24.7 Å². The summed E-state index contributed by atoms with van der Waals surface area (Å²) in [5.74, 6) is 4.80. The molecule has 0 spiro atoms. The standard InChI is InChI=1S/C27H31N5O3/c1-27(2,3)35-26(33)31-17-7-8-20(18-31)32-25(29)23(15-16-28)24(30-32)19-11-13-22(14-12-19)34-21-9-5-4-6-10-21/h4-6,9-14,20H,7-8,17-18,28-29H2,1-3H3. The maximum absolute atomic E-state index is 12.6. The molecule has 3 aromatic rings. The maximum atomic E-state index is 12.6. The van der Waals surface area contributed by atoms with E-state index in [4.69, 9.17) is 26.0 Å². The number of rotatable bonds is 4. The lowest BCUT2D eigenvalue weighted by Crippen LogP contribution is -2.43. The van der Waals surface area contributed by atoms with Crippen LogP contribution in [0.1, 0.15) is 45.2 Å². The predicted octanol–water partition coefficient (Wildman–Crippen LogP) is 4.76. The van der Waals surface area contributed by atoms with Gasteiger partial charge >= 0.3 is 6.09 Å². The molecule has 0 aliphatic carbocycles. The van der Waals surface area contributed by atoms with E-state index in [1.807, 2.05) is 75.4 Å². The van der Waals surface area contributed by atoms with Gasteiger partial charge < -0.3 is 25.8 Å². The number of likely N-dealkylation sites (tertiary alicyclic amines) is 1. The second-order valence-electron chi connectivity index (χ2n) is 9.48. The Morgan fingerprint density at radius 3 is 2.43 bits per heavy atom. The van der Waals surface area contributed by atoms with Crippen molar-refractivity contribution in [3.8, 4) is 34.7 Å². The van der Waals surface area contributed by atoms with Crippen LogP contribution in [0, 0.1) is 12.0 Å². The van der Waals surface area contributed by atoms with E-state index in [9.17, 15) is 4.79 Å². The maximum Gasteiger partial charge on any atom is 0.410 e. The molecule has 0 saturated carbocycles. The zero-order valence-corrected chi connectivity index (χ0v) is 20.3. The highest BCUT2D eigenvalue weighted by Gasteiger charge is 2.31. The third kappa shape index (κ3) is 5.69. The number of benzene rings is 2. The summed E-state index contributed by atoms with van der Waals surface area (Å²) >= 11 is 0. The highest BCUT2D eigenvalue weighted by atomic mass is 16.6. The Morgan fingerprint density at radius 1 is 1.09 bits per heavy atom. The average Bonchev–Trinajstić information content (AvgIpc) is 3.16. The summed E-state index contributed by atoms with van der Waals surface area (Å²) in [5, 5.41) is 4.82. The third-order valence-electron chi connectivity index (χ3n) is 5.65. The van der Waals surface area contributed by atoms with Gasteiger partial charge in [0.2, 0.25) is 0 Å². The van der Waals surface area contributed by atoms with Crippen LogP contribution < -0.4 is 16.2 Å². The fourth-order valence-electron chi connectivity index (χ4n) is 4.08. The van der Waals surface area contributed by atoms with Gasteiger partial charge in [-0.3, -0.25) is 0 Å². The summed E-state index contributed by atoms with van der Waals surface area (Å²) in [4.78, 5) is 14.3. The molecule has 35 heavy (non-hydrogen) atoms. The highest BCUT2D eigenvalue weighted by molar-refractivity contribution is 5.74. The van der Waals surface area contributed by atoms with Crippen LogP contribution in [-0.4, -0.2) is 39.5 Å². The first kappa shape index (κ1) is 24.0. The summed E-state index contributed by atoms with van der Waals surface area (Å²) in [7, 11) is 0. The molecule has 0 bridgehead atoms. The number of nitrogens with zero attached hydrogens (tertiary/aromatic N) is 3. The van der Waals surface area contributed by atoms with Crippen LogP contribution in [0.15, 0.2) is 54.6 Å². The van der Waals surface area contributed by atoms with Crippen molar-refractivity contribution in [2.24, 2.45) is 5.73 Å². The number of amides is 1. The molecule has 4 rings (SSSR count). The zero-order chi connectivity index (χ0) is 25.0. The quantitative estimate of drug-likeness (QED) is 0.418. The molecule has 1 aliphatic heterocycles. The van der Waals surface area contributed by atoms with E-state index in [1.165, 1.54) is 0 Å². The van der Waals surface area contributed by atoms with E-state index in [0.717, 1.165) is 24.2 Å². The van der Waals surface area contributed by atoms with E-state index in [2.05, 4.69) is 12.0 Å². The van der Waals surface area contributed by atoms with Crippen molar-refractivity contribution in [1.29, 1.82) is 0 Å². The minimum absolute atomic E-state index is 0.0935. The van der Waals surface area contributed by atoms with Crippen LogP contribution in [-0.2, 0) is 4.74 Å². The molecule has 8 nitrogen and oxygen atoms in total. The molecule has 1 aromatic heterocycles. The van der Waals surface area contributed by atoms with Crippen molar-refractivity contribution >= 4 is 11.9 Å². The van der Waals surface area contributed by atoms with Crippen LogP contribution in [0.25, 0.3) is 11.3 Å². The van der Waals surface area contributed by atoms with Crippen molar-refractivity contribution in [3.05, 3.63) is 60.2 Å². The molecule has 1 atom stereocenters. The fraction of sp³-hybridized carbons (Fsp3) is 0.333. The topological polar surface area (TPSA) is 109 Å². The van der Waals surface area contributed by atoms with Gasteiger partial charge in [0.25, 0.3) is 0 Å². The van der Waals surface area contributed by atoms with Crippen molar-refractivity contribution in [2.45, 2.75) is 45.3 Å². The number of aromatic nitrogens is 2. The van der Waals surface area contributed by atoms with E-state index in [-0.39, 0.29) is 12.1 Å². The molecule has 1 amide bonds. The minimum atomic E-state index is -0.553. The summed E-state index contributed by atoms with van der Waals surface area (Å²) in [5.41, 5.74) is 13.5. The first-order valence-electron chi connectivity index (χ1n) is 11.7. The SMILES string of the molecule is CC(C)(C)OC(=O)N1CCCC(n2nc(-c3ccc(Oc4ccccc4)cc3)c(C#CN)c2N)C1. The Balaban J connectivity index is 1.58. The smallest absolute Gasteiger partial charge is 0.410 e. The number of carbonyl (C=O) groups is 1. The van der Waals surface area contributed by atoms with Crippen molar-refractivity contribution < 1.29 is 14.3 Å². The van der Waals surface area contributed by atoms with E-state index >= 15 is 0 Å². The summed E-state index contributed by atoms with van der Waals surface area (Å²) in [6.45, 7) is 6.67. The molecule has 182 valence electrons. The minimum Gasteiger partial charge on any atom is -0.457 e. The van der Waals surface area contributed by atoms with Crippen molar-refractivity contribution in [1.82, 2.24) is 14.7 Å². The fourth-order valence-corrected chi connectivity index (χ4v) is 4.08.